The maximum atomic E-state index is 12.0. The molecule has 1 aromatic carbocycles. The van der Waals surface area contributed by atoms with Gasteiger partial charge in [0.05, 0.1) is 12.5 Å². The molecule has 1 aromatic rings. The highest BCUT2D eigenvalue weighted by atomic mass is 19.4. The molecule has 2 unspecified atom stereocenters. The maximum absolute atomic E-state index is 12.0. The monoisotopic (exact) mass is 295 g/mol. The summed E-state index contributed by atoms with van der Waals surface area (Å²) in [6, 6.07) is 2.74. The van der Waals surface area contributed by atoms with Crippen LogP contribution in [0.4, 0.5) is 18.9 Å². The van der Waals surface area contributed by atoms with Gasteiger partial charge in [-0.3, -0.25) is 4.79 Å². The number of aliphatic hydroxyl groups excluding tert-OH is 2. The van der Waals surface area contributed by atoms with Crippen LogP contribution in [-0.4, -0.2) is 33.8 Å². The maximum Gasteiger partial charge on any atom is 0.573 e. The van der Waals surface area contributed by atoms with Gasteiger partial charge in [-0.1, -0.05) is 6.07 Å². The Morgan fingerprint density at radius 2 is 1.95 bits per heavy atom. The summed E-state index contributed by atoms with van der Waals surface area (Å²) in [5.74, 6) is -1.93. The predicted octanol–water partition coefficient (Wildman–Crippen LogP) is 1.04. The number of carbonyl (C=O) groups is 1. The van der Waals surface area contributed by atoms with Crippen molar-refractivity contribution in [1.82, 2.24) is 0 Å². The van der Waals surface area contributed by atoms with E-state index in [0.29, 0.717) is 0 Å². The second-order valence-electron chi connectivity index (χ2n) is 3.95. The third-order valence-electron chi connectivity index (χ3n) is 2.36. The van der Waals surface area contributed by atoms with Crippen molar-refractivity contribution in [3.63, 3.8) is 0 Å². The Hall–Kier alpha value is -2.00. The lowest BCUT2D eigenvalue weighted by Crippen LogP contribution is -2.23. The molecule has 5 N–H and O–H groups in total. The van der Waals surface area contributed by atoms with Gasteiger partial charge in [0.1, 0.15) is 11.9 Å². The van der Waals surface area contributed by atoms with Gasteiger partial charge >= 0.3 is 12.3 Å². The Morgan fingerprint density at radius 1 is 1.35 bits per heavy atom. The van der Waals surface area contributed by atoms with Crippen LogP contribution in [0.5, 0.6) is 5.75 Å². The van der Waals surface area contributed by atoms with E-state index in [0.717, 1.165) is 18.2 Å². The van der Waals surface area contributed by atoms with E-state index in [1.54, 1.807) is 0 Å². The van der Waals surface area contributed by atoms with E-state index in [9.17, 15) is 28.2 Å². The molecule has 0 aliphatic rings. The molecule has 0 fully saturated rings. The van der Waals surface area contributed by atoms with Crippen LogP contribution >= 0.6 is 0 Å². The summed E-state index contributed by atoms with van der Waals surface area (Å²) in [5, 5.41) is 27.6. The fraction of sp³-hybridized carbons (Fsp3) is 0.364. The molecular weight excluding hydrogens is 283 g/mol. The Labute approximate surface area is 111 Å². The molecule has 0 aliphatic heterocycles. The molecule has 0 spiro atoms. The third-order valence-corrected chi connectivity index (χ3v) is 2.36. The first-order valence-electron chi connectivity index (χ1n) is 5.33. The van der Waals surface area contributed by atoms with E-state index in [1.165, 1.54) is 0 Å². The molecule has 0 saturated heterocycles. The molecule has 0 saturated carbocycles. The van der Waals surface area contributed by atoms with Gasteiger partial charge in [-0.15, -0.1) is 13.2 Å². The minimum Gasteiger partial charge on any atom is -0.481 e. The molecule has 9 heteroatoms. The van der Waals surface area contributed by atoms with Gasteiger partial charge in [0.25, 0.3) is 0 Å². The lowest BCUT2D eigenvalue weighted by molar-refractivity contribution is -0.274. The van der Waals surface area contributed by atoms with Crippen LogP contribution in [0.1, 0.15) is 18.1 Å². The van der Waals surface area contributed by atoms with E-state index < -0.39 is 36.7 Å². The van der Waals surface area contributed by atoms with Crippen LogP contribution in [-0.2, 0) is 4.79 Å². The van der Waals surface area contributed by atoms with Crippen molar-refractivity contribution in [2.24, 2.45) is 0 Å². The highest BCUT2D eigenvalue weighted by Crippen LogP contribution is 2.30. The van der Waals surface area contributed by atoms with Crippen LogP contribution in [0.3, 0.4) is 0 Å². The third kappa shape index (κ3) is 4.59. The topological polar surface area (TPSA) is 113 Å². The average molecular weight is 295 g/mol. The average Bonchev–Trinajstić information content (AvgIpc) is 2.25. The fourth-order valence-electron chi connectivity index (χ4n) is 1.52. The van der Waals surface area contributed by atoms with Crippen LogP contribution in [0.15, 0.2) is 18.2 Å². The number of aliphatic hydroxyl groups is 2. The Morgan fingerprint density at radius 3 is 2.40 bits per heavy atom. The van der Waals surface area contributed by atoms with Crippen LogP contribution in [0, 0.1) is 0 Å². The smallest absolute Gasteiger partial charge is 0.481 e. The van der Waals surface area contributed by atoms with Crippen molar-refractivity contribution in [1.29, 1.82) is 0 Å². The first-order chi connectivity index (χ1) is 9.10. The summed E-state index contributed by atoms with van der Waals surface area (Å²) in [4.78, 5) is 10.4. The number of hydrogen-bond donors (Lipinski definition) is 4. The Balaban J connectivity index is 2.90. The van der Waals surface area contributed by atoms with Gasteiger partial charge in [-0.05, 0) is 6.07 Å². The number of anilines is 1. The molecule has 1 rings (SSSR count). The van der Waals surface area contributed by atoms with Gasteiger partial charge in [0, 0.05) is 17.3 Å². The number of nitrogens with two attached hydrogens (primary N) is 1. The molecule has 0 bridgehead atoms. The molecule has 0 heterocycles. The highest BCUT2D eigenvalue weighted by Gasteiger charge is 2.31. The molecule has 0 radical (unpaired) electrons. The standard InChI is InChI=1S/C11H12F3NO5/c12-11(13,14)20-5-1-2-6(7(15)3-5)10(19)8(16)4-9(17)18/h1-3,8,10,16,19H,4,15H2,(H,17,18). The number of carboxylic acids is 1. The van der Waals surface area contributed by atoms with Gasteiger partial charge < -0.3 is 25.8 Å². The van der Waals surface area contributed by atoms with E-state index in [2.05, 4.69) is 4.74 Å². The van der Waals surface area contributed by atoms with E-state index >= 15 is 0 Å². The van der Waals surface area contributed by atoms with Crippen molar-refractivity contribution in [2.75, 3.05) is 5.73 Å². The van der Waals surface area contributed by atoms with E-state index in [-0.39, 0.29) is 11.3 Å². The Kier molecular flexibility index (Phi) is 4.79. The minimum absolute atomic E-state index is 0.0896. The van der Waals surface area contributed by atoms with Crippen molar-refractivity contribution in [2.45, 2.75) is 25.0 Å². The van der Waals surface area contributed by atoms with Crippen molar-refractivity contribution in [3.8, 4) is 5.75 Å². The molecule has 6 nitrogen and oxygen atoms in total. The van der Waals surface area contributed by atoms with Crippen LogP contribution < -0.4 is 10.5 Å². The zero-order chi connectivity index (χ0) is 15.5. The van der Waals surface area contributed by atoms with Crippen molar-refractivity contribution < 1.29 is 38.0 Å². The number of aliphatic carboxylic acids is 1. The molecular formula is C11H12F3NO5. The second kappa shape index (κ2) is 5.97. The summed E-state index contributed by atoms with van der Waals surface area (Å²) < 4.78 is 39.6. The first kappa shape index (κ1) is 16.1. The van der Waals surface area contributed by atoms with Gasteiger partial charge in [-0.2, -0.15) is 0 Å². The summed E-state index contributed by atoms with van der Waals surface area (Å²) >= 11 is 0. The Bertz CT molecular complexity index is 491. The van der Waals surface area contributed by atoms with Gasteiger partial charge in [0.15, 0.2) is 0 Å². The van der Waals surface area contributed by atoms with Crippen molar-refractivity contribution >= 4 is 11.7 Å². The number of hydrogen-bond acceptors (Lipinski definition) is 5. The number of halogens is 3. The molecule has 20 heavy (non-hydrogen) atoms. The molecule has 0 amide bonds. The number of alkyl halides is 3. The van der Waals surface area contributed by atoms with Gasteiger partial charge in [0.2, 0.25) is 0 Å². The zero-order valence-electron chi connectivity index (χ0n) is 9.96. The molecule has 0 aromatic heterocycles. The molecule has 0 aliphatic carbocycles. The SMILES string of the molecule is Nc1cc(OC(F)(F)F)ccc1C(O)C(O)CC(=O)O. The number of benzene rings is 1. The summed E-state index contributed by atoms with van der Waals surface area (Å²) in [5.41, 5.74) is 5.09. The van der Waals surface area contributed by atoms with E-state index in [4.69, 9.17) is 10.8 Å². The summed E-state index contributed by atoms with van der Waals surface area (Å²) in [6.07, 6.45) is -8.88. The molecule has 2 atom stereocenters. The highest BCUT2D eigenvalue weighted by molar-refractivity contribution is 5.67. The van der Waals surface area contributed by atoms with E-state index in [1.807, 2.05) is 0 Å². The summed E-state index contributed by atoms with van der Waals surface area (Å²) in [6.45, 7) is 0. The zero-order valence-corrected chi connectivity index (χ0v) is 9.96. The van der Waals surface area contributed by atoms with Gasteiger partial charge in [-0.25, -0.2) is 0 Å². The normalized spacial score (nSPS) is 14.7. The predicted molar refractivity (Wildman–Crippen MR) is 60.8 cm³/mol. The number of ether oxygens (including phenoxy) is 1. The fourth-order valence-corrected chi connectivity index (χ4v) is 1.52. The number of rotatable bonds is 5. The molecule has 112 valence electrons. The summed E-state index contributed by atoms with van der Waals surface area (Å²) in [7, 11) is 0. The number of carboxylic acid groups (broad SMARTS) is 1. The number of nitrogen functional groups attached to an aromatic ring is 1. The van der Waals surface area contributed by atoms with Crippen LogP contribution in [0.2, 0.25) is 0 Å². The van der Waals surface area contributed by atoms with Crippen molar-refractivity contribution in [3.05, 3.63) is 23.8 Å². The second-order valence-corrected chi connectivity index (χ2v) is 3.95. The van der Waals surface area contributed by atoms with Crippen LogP contribution in [0.25, 0.3) is 0 Å². The lowest BCUT2D eigenvalue weighted by Gasteiger charge is -2.19. The quantitative estimate of drug-likeness (QED) is 0.604. The first-order valence-corrected chi connectivity index (χ1v) is 5.33. The lowest BCUT2D eigenvalue weighted by atomic mass is 10.0. The largest absolute Gasteiger partial charge is 0.573 e. The minimum atomic E-state index is -4.88.